The summed E-state index contributed by atoms with van der Waals surface area (Å²) in [5, 5.41) is 4.07. The van der Waals surface area contributed by atoms with Crippen LogP contribution in [0.1, 0.15) is 43.2 Å². The Bertz CT molecular complexity index is 343. The third-order valence-electron chi connectivity index (χ3n) is 3.05. The van der Waals surface area contributed by atoms with Crippen LogP contribution in [0, 0.1) is 0 Å². The molecule has 0 saturated carbocycles. The monoisotopic (exact) mass is 224 g/mol. The van der Waals surface area contributed by atoms with Gasteiger partial charge in [0.15, 0.2) is 0 Å². The molecule has 0 aliphatic carbocycles. The molecule has 1 unspecified atom stereocenters. The Morgan fingerprint density at radius 3 is 2.93 bits per heavy atom. The summed E-state index contributed by atoms with van der Waals surface area (Å²) < 4.78 is 0. The molecule has 1 saturated heterocycles. The summed E-state index contributed by atoms with van der Waals surface area (Å²) in [6.07, 6.45) is 3.03. The van der Waals surface area contributed by atoms with E-state index < -0.39 is 0 Å². The van der Waals surface area contributed by atoms with Gasteiger partial charge in [0.2, 0.25) is 0 Å². The van der Waals surface area contributed by atoms with Crippen LogP contribution in [-0.2, 0) is 0 Å². The smallest absolute Gasteiger partial charge is 0.132 e. The summed E-state index contributed by atoms with van der Waals surface area (Å²) in [5.74, 6) is 1.06. The van der Waals surface area contributed by atoms with Gasteiger partial charge in [0, 0.05) is 12.7 Å². The quantitative estimate of drug-likeness (QED) is 0.782. The van der Waals surface area contributed by atoms with Crippen LogP contribution in [0.4, 0.5) is 0 Å². The lowest BCUT2D eigenvalue weighted by atomic mass is 9.90. The Morgan fingerprint density at radius 2 is 2.33 bits per heavy atom. The van der Waals surface area contributed by atoms with Gasteiger partial charge in [-0.2, -0.15) is 0 Å². The normalized spacial score (nSPS) is 21.2. The zero-order valence-corrected chi connectivity index (χ0v) is 10.0. The average Bonchev–Trinajstić information content (AvgIpc) is 2.69. The summed E-state index contributed by atoms with van der Waals surface area (Å²) in [5.41, 5.74) is 2.61. The topological polar surface area (TPSA) is 24.9 Å². The first-order chi connectivity index (χ1) is 7.20. The second-order valence-corrected chi connectivity index (χ2v) is 4.81. The van der Waals surface area contributed by atoms with E-state index in [4.69, 9.17) is 11.6 Å². The van der Waals surface area contributed by atoms with Gasteiger partial charge in [0.1, 0.15) is 5.15 Å². The summed E-state index contributed by atoms with van der Waals surface area (Å²) in [6, 6.07) is 2.12. The van der Waals surface area contributed by atoms with E-state index in [2.05, 4.69) is 30.2 Å². The molecule has 15 heavy (non-hydrogen) atoms. The Kier molecular flexibility index (Phi) is 3.27. The van der Waals surface area contributed by atoms with Gasteiger partial charge in [-0.1, -0.05) is 25.4 Å². The highest BCUT2D eigenvalue weighted by Gasteiger charge is 2.22. The van der Waals surface area contributed by atoms with Gasteiger partial charge in [-0.3, -0.25) is 0 Å². The van der Waals surface area contributed by atoms with Crippen LogP contribution in [-0.4, -0.2) is 18.1 Å². The van der Waals surface area contributed by atoms with Gasteiger partial charge >= 0.3 is 0 Å². The SMILES string of the molecule is CC(C)c1c(C2CCNC2)ccnc1Cl. The van der Waals surface area contributed by atoms with Crippen LogP contribution in [0.25, 0.3) is 0 Å². The van der Waals surface area contributed by atoms with Crippen molar-refractivity contribution in [3.05, 3.63) is 28.5 Å². The van der Waals surface area contributed by atoms with Gasteiger partial charge in [-0.05, 0) is 42.0 Å². The molecule has 2 heterocycles. The van der Waals surface area contributed by atoms with E-state index in [-0.39, 0.29) is 0 Å². The molecule has 1 aromatic rings. The number of halogens is 1. The van der Waals surface area contributed by atoms with Crippen molar-refractivity contribution >= 4 is 11.6 Å². The van der Waals surface area contributed by atoms with E-state index in [1.54, 1.807) is 0 Å². The molecule has 0 spiro atoms. The first-order valence-corrected chi connectivity index (χ1v) is 5.93. The highest BCUT2D eigenvalue weighted by atomic mass is 35.5. The number of pyridine rings is 1. The van der Waals surface area contributed by atoms with E-state index in [1.165, 1.54) is 17.5 Å². The second-order valence-electron chi connectivity index (χ2n) is 4.45. The van der Waals surface area contributed by atoms with Crippen LogP contribution in [0.2, 0.25) is 5.15 Å². The molecule has 1 atom stereocenters. The van der Waals surface area contributed by atoms with Crippen molar-refractivity contribution < 1.29 is 0 Å². The molecule has 0 radical (unpaired) electrons. The molecular weight excluding hydrogens is 208 g/mol. The van der Waals surface area contributed by atoms with E-state index in [0.717, 1.165) is 13.1 Å². The number of nitrogens with zero attached hydrogens (tertiary/aromatic N) is 1. The molecule has 0 aromatic carbocycles. The van der Waals surface area contributed by atoms with E-state index in [9.17, 15) is 0 Å². The molecule has 1 aliphatic rings. The highest BCUT2D eigenvalue weighted by molar-refractivity contribution is 6.30. The van der Waals surface area contributed by atoms with Crippen LogP contribution in [0.5, 0.6) is 0 Å². The maximum absolute atomic E-state index is 6.17. The number of nitrogens with one attached hydrogen (secondary N) is 1. The molecule has 1 aromatic heterocycles. The zero-order chi connectivity index (χ0) is 10.8. The molecule has 82 valence electrons. The van der Waals surface area contributed by atoms with Crippen molar-refractivity contribution in [1.29, 1.82) is 0 Å². The number of aromatic nitrogens is 1. The molecular formula is C12H17ClN2. The van der Waals surface area contributed by atoms with E-state index in [0.29, 0.717) is 17.0 Å². The lowest BCUT2D eigenvalue weighted by molar-refractivity contribution is 0.727. The number of rotatable bonds is 2. The van der Waals surface area contributed by atoms with Crippen molar-refractivity contribution in [3.8, 4) is 0 Å². The predicted molar refractivity (Wildman–Crippen MR) is 63.6 cm³/mol. The first-order valence-electron chi connectivity index (χ1n) is 5.55. The van der Waals surface area contributed by atoms with Gasteiger partial charge < -0.3 is 5.32 Å². The third-order valence-corrected chi connectivity index (χ3v) is 3.35. The highest BCUT2D eigenvalue weighted by Crippen LogP contribution is 2.33. The maximum atomic E-state index is 6.17. The summed E-state index contributed by atoms with van der Waals surface area (Å²) in [4.78, 5) is 4.18. The predicted octanol–water partition coefficient (Wildman–Crippen LogP) is 2.94. The molecule has 3 heteroatoms. The second kappa shape index (κ2) is 4.50. The van der Waals surface area contributed by atoms with Crippen molar-refractivity contribution in [2.24, 2.45) is 0 Å². The first kappa shape index (κ1) is 10.9. The zero-order valence-electron chi connectivity index (χ0n) is 9.26. The van der Waals surface area contributed by atoms with Crippen molar-refractivity contribution in [2.75, 3.05) is 13.1 Å². The Labute approximate surface area is 96.1 Å². The Morgan fingerprint density at radius 1 is 1.53 bits per heavy atom. The number of hydrogen-bond acceptors (Lipinski definition) is 2. The Hall–Kier alpha value is -0.600. The minimum Gasteiger partial charge on any atom is -0.316 e. The lowest BCUT2D eigenvalue weighted by Crippen LogP contribution is -2.10. The number of hydrogen-bond donors (Lipinski definition) is 1. The maximum Gasteiger partial charge on any atom is 0.132 e. The van der Waals surface area contributed by atoms with Gasteiger partial charge in [-0.15, -0.1) is 0 Å². The van der Waals surface area contributed by atoms with Crippen molar-refractivity contribution in [2.45, 2.75) is 32.1 Å². The van der Waals surface area contributed by atoms with Gasteiger partial charge in [0.05, 0.1) is 0 Å². The largest absolute Gasteiger partial charge is 0.316 e. The fraction of sp³-hybridized carbons (Fsp3) is 0.583. The summed E-state index contributed by atoms with van der Waals surface area (Å²) >= 11 is 6.17. The molecule has 1 fully saturated rings. The minimum absolute atomic E-state index is 0.446. The molecule has 2 nitrogen and oxygen atoms in total. The van der Waals surface area contributed by atoms with Crippen LogP contribution < -0.4 is 5.32 Å². The lowest BCUT2D eigenvalue weighted by Gasteiger charge is -2.18. The molecule has 0 amide bonds. The fourth-order valence-electron chi connectivity index (χ4n) is 2.31. The van der Waals surface area contributed by atoms with Crippen molar-refractivity contribution in [3.63, 3.8) is 0 Å². The standard InChI is InChI=1S/C12H17ClN2/c1-8(2)11-10(4-6-15-12(11)13)9-3-5-14-7-9/h4,6,8-9,14H,3,5,7H2,1-2H3. The van der Waals surface area contributed by atoms with Gasteiger partial charge in [-0.25, -0.2) is 4.98 Å². The minimum atomic E-state index is 0.446. The van der Waals surface area contributed by atoms with E-state index in [1.807, 2.05) is 6.20 Å². The van der Waals surface area contributed by atoms with Crippen molar-refractivity contribution in [1.82, 2.24) is 10.3 Å². The van der Waals surface area contributed by atoms with Crippen LogP contribution in [0.15, 0.2) is 12.3 Å². The van der Waals surface area contributed by atoms with Crippen LogP contribution >= 0.6 is 11.6 Å². The van der Waals surface area contributed by atoms with Gasteiger partial charge in [0.25, 0.3) is 0 Å². The average molecular weight is 225 g/mol. The Balaban J connectivity index is 2.40. The van der Waals surface area contributed by atoms with Crippen LogP contribution in [0.3, 0.4) is 0 Å². The molecule has 1 N–H and O–H groups in total. The molecule has 0 bridgehead atoms. The van der Waals surface area contributed by atoms with E-state index >= 15 is 0 Å². The fourth-order valence-corrected chi connectivity index (χ4v) is 2.69. The molecule has 1 aliphatic heterocycles. The summed E-state index contributed by atoms with van der Waals surface area (Å²) in [6.45, 7) is 6.53. The summed E-state index contributed by atoms with van der Waals surface area (Å²) in [7, 11) is 0. The molecule has 2 rings (SSSR count). The third kappa shape index (κ3) is 2.16.